The van der Waals surface area contributed by atoms with Crippen molar-refractivity contribution in [1.29, 1.82) is 0 Å². The fourth-order valence-electron chi connectivity index (χ4n) is 3.92. The first kappa shape index (κ1) is 20.9. The molecule has 2 atom stereocenters. The first-order chi connectivity index (χ1) is 14.8. The highest BCUT2D eigenvalue weighted by molar-refractivity contribution is 5.90. The molecule has 3 heterocycles. The van der Waals surface area contributed by atoms with Crippen LogP contribution in [0.1, 0.15) is 37.7 Å². The monoisotopic (exact) mass is 426 g/mol. The minimum absolute atomic E-state index is 0.0488. The number of hydrogen-bond donors (Lipinski definition) is 2. The SMILES string of the molecule is CC(=O)N[C@@H]1CCN(c2cc3c(NC(C)c4cc(F)ccc4F)nc(C)nc3cn2)C1. The fourth-order valence-corrected chi connectivity index (χ4v) is 3.92. The number of hydrogen-bond acceptors (Lipinski definition) is 6. The first-order valence-corrected chi connectivity index (χ1v) is 10.2. The van der Waals surface area contributed by atoms with Crippen LogP contribution in [0.5, 0.6) is 0 Å². The van der Waals surface area contributed by atoms with Crippen molar-refractivity contribution in [2.24, 2.45) is 0 Å². The molecule has 0 bridgehead atoms. The number of amides is 1. The highest BCUT2D eigenvalue weighted by Gasteiger charge is 2.25. The van der Waals surface area contributed by atoms with Crippen LogP contribution in [0.2, 0.25) is 0 Å². The van der Waals surface area contributed by atoms with Crippen molar-refractivity contribution in [3.05, 3.63) is 53.5 Å². The molecular weight excluding hydrogens is 402 g/mol. The molecule has 1 saturated heterocycles. The predicted octanol–water partition coefficient (Wildman–Crippen LogP) is 3.50. The van der Waals surface area contributed by atoms with Crippen molar-refractivity contribution in [1.82, 2.24) is 20.3 Å². The van der Waals surface area contributed by atoms with Gasteiger partial charge in [-0.1, -0.05) is 0 Å². The third-order valence-corrected chi connectivity index (χ3v) is 5.38. The number of pyridine rings is 1. The van der Waals surface area contributed by atoms with Crippen LogP contribution in [-0.2, 0) is 4.79 Å². The molecule has 7 nitrogen and oxygen atoms in total. The van der Waals surface area contributed by atoms with Gasteiger partial charge in [-0.15, -0.1) is 0 Å². The van der Waals surface area contributed by atoms with E-state index in [1.54, 1.807) is 20.0 Å². The Balaban J connectivity index is 1.65. The summed E-state index contributed by atoms with van der Waals surface area (Å²) >= 11 is 0. The van der Waals surface area contributed by atoms with Crippen LogP contribution in [-0.4, -0.2) is 40.0 Å². The van der Waals surface area contributed by atoms with Crippen LogP contribution in [0.15, 0.2) is 30.5 Å². The van der Waals surface area contributed by atoms with Gasteiger partial charge in [0.1, 0.15) is 29.1 Å². The van der Waals surface area contributed by atoms with Gasteiger partial charge in [0.05, 0.1) is 17.8 Å². The number of rotatable bonds is 5. The predicted molar refractivity (Wildman–Crippen MR) is 115 cm³/mol. The number of aromatic nitrogens is 3. The molecule has 162 valence electrons. The maximum Gasteiger partial charge on any atom is 0.217 e. The lowest BCUT2D eigenvalue weighted by Crippen LogP contribution is -2.35. The zero-order valence-corrected chi connectivity index (χ0v) is 17.6. The number of anilines is 2. The van der Waals surface area contributed by atoms with Crippen molar-refractivity contribution in [2.75, 3.05) is 23.3 Å². The van der Waals surface area contributed by atoms with E-state index in [1.807, 2.05) is 6.07 Å². The molecule has 4 rings (SSSR count). The number of nitrogens with one attached hydrogen (secondary N) is 2. The maximum atomic E-state index is 14.2. The molecule has 2 aromatic heterocycles. The summed E-state index contributed by atoms with van der Waals surface area (Å²) in [5.74, 6) is 0.791. The molecule has 31 heavy (non-hydrogen) atoms. The van der Waals surface area contributed by atoms with Gasteiger partial charge in [0, 0.05) is 37.0 Å². The molecule has 1 aliphatic heterocycles. The average Bonchev–Trinajstić information content (AvgIpc) is 3.17. The molecule has 1 aromatic carbocycles. The number of aryl methyl sites for hydroxylation is 1. The van der Waals surface area contributed by atoms with E-state index in [1.165, 1.54) is 13.0 Å². The zero-order valence-electron chi connectivity index (χ0n) is 17.6. The summed E-state index contributed by atoms with van der Waals surface area (Å²) in [6.07, 6.45) is 2.52. The average molecular weight is 426 g/mol. The molecule has 1 fully saturated rings. The Kier molecular flexibility index (Phi) is 5.67. The molecule has 9 heteroatoms. The Hall–Kier alpha value is -3.36. The summed E-state index contributed by atoms with van der Waals surface area (Å²) in [5, 5.41) is 6.88. The van der Waals surface area contributed by atoms with Crippen molar-refractivity contribution < 1.29 is 13.6 Å². The number of benzene rings is 1. The van der Waals surface area contributed by atoms with E-state index in [0.717, 1.165) is 36.3 Å². The van der Waals surface area contributed by atoms with E-state index in [4.69, 9.17) is 0 Å². The summed E-state index contributed by atoms with van der Waals surface area (Å²) in [5.41, 5.74) is 0.875. The molecule has 0 spiro atoms. The lowest BCUT2D eigenvalue weighted by molar-refractivity contribution is -0.119. The second-order valence-electron chi connectivity index (χ2n) is 7.84. The van der Waals surface area contributed by atoms with Gasteiger partial charge in [-0.05, 0) is 44.5 Å². The molecule has 1 aliphatic rings. The minimum atomic E-state index is -0.513. The van der Waals surface area contributed by atoms with Gasteiger partial charge in [0.15, 0.2) is 0 Å². The lowest BCUT2D eigenvalue weighted by atomic mass is 10.1. The molecule has 1 unspecified atom stereocenters. The van der Waals surface area contributed by atoms with Crippen molar-refractivity contribution in [2.45, 2.75) is 39.3 Å². The minimum Gasteiger partial charge on any atom is -0.363 e. The molecular formula is C22H24F2N6O. The van der Waals surface area contributed by atoms with E-state index >= 15 is 0 Å². The third kappa shape index (κ3) is 4.55. The van der Waals surface area contributed by atoms with Gasteiger partial charge in [0.2, 0.25) is 5.91 Å². The highest BCUT2D eigenvalue weighted by Crippen LogP contribution is 2.29. The van der Waals surface area contributed by atoms with Gasteiger partial charge in [-0.3, -0.25) is 4.79 Å². The first-order valence-electron chi connectivity index (χ1n) is 10.2. The number of fused-ring (bicyclic) bond motifs is 1. The molecule has 1 amide bonds. The topological polar surface area (TPSA) is 83.0 Å². The van der Waals surface area contributed by atoms with Crippen molar-refractivity contribution in [3.63, 3.8) is 0 Å². The van der Waals surface area contributed by atoms with E-state index < -0.39 is 17.7 Å². The third-order valence-electron chi connectivity index (χ3n) is 5.38. The van der Waals surface area contributed by atoms with Crippen LogP contribution >= 0.6 is 0 Å². The Morgan fingerprint density at radius 2 is 2.06 bits per heavy atom. The summed E-state index contributed by atoms with van der Waals surface area (Å²) < 4.78 is 27.9. The van der Waals surface area contributed by atoms with E-state index in [9.17, 15) is 13.6 Å². The second-order valence-corrected chi connectivity index (χ2v) is 7.84. The Bertz CT molecular complexity index is 1140. The largest absolute Gasteiger partial charge is 0.363 e. The van der Waals surface area contributed by atoms with Crippen molar-refractivity contribution >= 4 is 28.4 Å². The Labute approximate surface area is 178 Å². The smallest absolute Gasteiger partial charge is 0.217 e. The highest BCUT2D eigenvalue weighted by atomic mass is 19.1. The van der Waals surface area contributed by atoms with Gasteiger partial charge >= 0.3 is 0 Å². The summed E-state index contributed by atoms with van der Waals surface area (Å²) in [6.45, 7) is 6.46. The summed E-state index contributed by atoms with van der Waals surface area (Å²) in [7, 11) is 0. The Morgan fingerprint density at radius 1 is 1.26 bits per heavy atom. The van der Waals surface area contributed by atoms with Gasteiger partial charge in [-0.2, -0.15) is 0 Å². The number of carbonyl (C=O) groups excluding carboxylic acids is 1. The summed E-state index contributed by atoms with van der Waals surface area (Å²) in [6, 6.07) is 4.86. The van der Waals surface area contributed by atoms with Crippen molar-refractivity contribution in [3.8, 4) is 0 Å². The van der Waals surface area contributed by atoms with E-state index in [-0.39, 0.29) is 17.5 Å². The Morgan fingerprint density at radius 3 is 2.84 bits per heavy atom. The number of nitrogens with zero attached hydrogens (tertiary/aromatic N) is 4. The zero-order chi connectivity index (χ0) is 22.1. The van der Waals surface area contributed by atoms with Gasteiger partial charge in [-0.25, -0.2) is 23.7 Å². The van der Waals surface area contributed by atoms with Gasteiger partial charge < -0.3 is 15.5 Å². The standard InChI is InChI=1S/C22H24F2N6O/c1-12(17-8-15(23)4-5-19(17)24)26-22-18-9-21(25-10-20(18)27-13(2)28-22)30-7-6-16(11-30)29-14(3)31/h4-5,8-10,12,16H,6-7,11H2,1-3H3,(H,29,31)(H,26,27,28)/t12?,16-/m1/s1. The van der Waals surface area contributed by atoms with E-state index in [0.29, 0.717) is 23.7 Å². The molecule has 0 aliphatic carbocycles. The molecule has 2 N–H and O–H groups in total. The van der Waals surface area contributed by atoms with Crippen LogP contribution < -0.4 is 15.5 Å². The number of halogens is 2. The normalized spacial score (nSPS) is 17.1. The van der Waals surface area contributed by atoms with Gasteiger partial charge in [0.25, 0.3) is 0 Å². The van der Waals surface area contributed by atoms with Crippen LogP contribution in [0, 0.1) is 18.6 Å². The summed E-state index contributed by atoms with van der Waals surface area (Å²) in [4.78, 5) is 26.9. The van der Waals surface area contributed by atoms with E-state index in [2.05, 4.69) is 30.5 Å². The molecule has 3 aromatic rings. The van der Waals surface area contributed by atoms with Crippen LogP contribution in [0.4, 0.5) is 20.4 Å². The quantitative estimate of drug-likeness (QED) is 0.650. The molecule has 0 radical (unpaired) electrons. The van der Waals surface area contributed by atoms with Crippen LogP contribution in [0.25, 0.3) is 10.9 Å². The second kappa shape index (κ2) is 8.41. The fraction of sp³-hybridized carbons (Fsp3) is 0.364. The lowest BCUT2D eigenvalue weighted by Gasteiger charge is -2.20. The number of carbonyl (C=O) groups is 1. The van der Waals surface area contributed by atoms with Crippen LogP contribution in [0.3, 0.4) is 0 Å². The molecule has 0 saturated carbocycles. The maximum absolute atomic E-state index is 14.2.